The van der Waals surface area contributed by atoms with Crippen molar-refractivity contribution >= 4 is 17.9 Å². The molecule has 1 amide bonds. The number of piperazine rings is 1. The first kappa shape index (κ1) is 21.2. The Morgan fingerprint density at radius 3 is 2.66 bits per heavy atom. The number of anilines is 1. The van der Waals surface area contributed by atoms with Crippen molar-refractivity contribution in [1.82, 2.24) is 20.1 Å². The number of guanidine groups is 1. The van der Waals surface area contributed by atoms with Gasteiger partial charge in [-0.05, 0) is 46.2 Å². The summed E-state index contributed by atoms with van der Waals surface area (Å²) in [7, 11) is 0. The average Bonchev–Trinajstić information content (AvgIpc) is 3.09. The van der Waals surface area contributed by atoms with Crippen molar-refractivity contribution in [3.63, 3.8) is 0 Å². The summed E-state index contributed by atoms with van der Waals surface area (Å²) in [5.41, 5.74) is 0.654. The Balaban J connectivity index is 1.50. The van der Waals surface area contributed by atoms with E-state index in [2.05, 4.69) is 51.1 Å². The van der Waals surface area contributed by atoms with Gasteiger partial charge in [-0.25, -0.2) is 9.78 Å². The van der Waals surface area contributed by atoms with E-state index in [4.69, 9.17) is 4.74 Å². The number of aliphatic imine (C=N–C) groups is 1. The Kier molecular flexibility index (Phi) is 6.49. The highest BCUT2D eigenvalue weighted by atomic mass is 16.6. The van der Waals surface area contributed by atoms with Crippen LogP contribution < -0.4 is 10.2 Å². The van der Waals surface area contributed by atoms with Gasteiger partial charge in [-0.2, -0.15) is 0 Å². The van der Waals surface area contributed by atoms with Crippen LogP contribution in [0.1, 0.15) is 40.2 Å². The van der Waals surface area contributed by atoms with Crippen molar-refractivity contribution in [2.45, 2.75) is 52.8 Å². The van der Waals surface area contributed by atoms with Gasteiger partial charge < -0.3 is 24.8 Å². The minimum absolute atomic E-state index is 0.210. The van der Waals surface area contributed by atoms with Crippen LogP contribution in [0.25, 0.3) is 0 Å². The van der Waals surface area contributed by atoms with Crippen LogP contribution in [0.2, 0.25) is 0 Å². The standard InChI is InChI=1S/C21H34N6O2/c1-6-25(7-2)18-9-8-16(12-22-18)13-23-19-24-14-17-15-26(10-11-27(17)19)20(28)29-21(3,4)5/h8-9,12,17H,6-7,10-11,13-15H2,1-5H3,(H,23,24). The van der Waals surface area contributed by atoms with Gasteiger partial charge in [0.15, 0.2) is 5.96 Å². The molecule has 0 aromatic carbocycles. The number of carbonyl (C=O) groups excluding carboxylic acids is 1. The van der Waals surface area contributed by atoms with E-state index in [1.807, 2.05) is 27.0 Å². The normalized spacial score (nSPS) is 18.9. The van der Waals surface area contributed by atoms with Crippen molar-refractivity contribution in [2.75, 3.05) is 44.2 Å². The molecule has 1 atom stereocenters. The fourth-order valence-electron chi connectivity index (χ4n) is 3.66. The molecular formula is C21H34N6O2. The second kappa shape index (κ2) is 8.88. The molecule has 0 bridgehead atoms. The van der Waals surface area contributed by atoms with Gasteiger partial charge in [0.1, 0.15) is 11.4 Å². The molecular weight excluding hydrogens is 368 g/mol. The first-order valence-corrected chi connectivity index (χ1v) is 10.5. The van der Waals surface area contributed by atoms with Crippen molar-refractivity contribution in [2.24, 2.45) is 4.99 Å². The maximum atomic E-state index is 12.3. The first-order valence-electron chi connectivity index (χ1n) is 10.5. The number of carbonyl (C=O) groups is 1. The van der Waals surface area contributed by atoms with Gasteiger partial charge in [-0.3, -0.25) is 4.99 Å². The Morgan fingerprint density at radius 2 is 2.03 bits per heavy atom. The zero-order valence-electron chi connectivity index (χ0n) is 18.3. The van der Waals surface area contributed by atoms with Crippen LogP contribution in [0.5, 0.6) is 0 Å². The van der Waals surface area contributed by atoms with Crippen molar-refractivity contribution in [3.8, 4) is 0 Å². The number of rotatable bonds is 5. The molecule has 2 aliphatic rings. The lowest BCUT2D eigenvalue weighted by Gasteiger charge is -2.39. The molecule has 0 aliphatic carbocycles. The molecule has 1 saturated heterocycles. The second-order valence-corrected chi connectivity index (χ2v) is 8.49. The number of fused-ring (bicyclic) bond motifs is 1. The Hall–Kier alpha value is -2.51. The molecule has 0 radical (unpaired) electrons. The van der Waals surface area contributed by atoms with Gasteiger partial charge in [0, 0.05) is 45.5 Å². The maximum Gasteiger partial charge on any atom is 0.410 e. The van der Waals surface area contributed by atoms with E-state index in [-0.39, 0.29) is 12.1 Å². The van der Waals surface area contributed by atoms with Crippen LogP contribution >= 0.6 is 0 Å². The highest BCUT2D eigenvalue weighted by Gasteiger charge is 2.36. The molecule has 1 N–H and O–H groups in total. The van der Waals surface area contributed by atoms with Gasteiger partial charge in [0.05, 0.1) is 12.6 Å². The molecule has 8 heteroatoms. The summed E-state index contributed by atoms with van der Waals surface area (Å²) < 4.78 is 5.51. The number of nitrogens with one attached hydrogen (secondary N) is 1. The number of ether oxygens (including phenoxy) is 1. The highest BCUT2D eigenvalue weighted by Crippen LogP contribution is 2.19. The minimum Gasteiger partial charge on any atom is -0.444 e. The van der Waals surface area contributed by atoms with Crippen LogP contribution in [0.4, 0.5) is 10.6 Å². The van der Waals surface area contributed by atoms with Gasteiger partial charge in [-0.1, -0.05) is 6.07 Å². The maximum absolute atomic E-state index is 12.3. The van der Waals surface area contributed by atoms with Crippen LogP contribution in [0.15, 0.2) is 23.3 Å². The molecule has 8 nitrogen and oxygen atoms in total. The number of aromatic nitrogens is 1. The third kappa shape index (κ3) is 5.31. The van der Waals surface area contributed by atoms with Crippen LogP contribution in [0.3, 0.4) is 0 Å². The van der Waals surface area contributed by atoms with Crippen molar-refractivity contribution < 1.29 is 9.53 Å². The lowest BCUT2D eigenvalue weighted by atomic mass is 10.2. The highest BCUT2D eigenvalue weighted by molar-refractivity contribution is 5.82. The Morgan fingerprint density at radius 1 is 1.28 bits per heavy atom. The first-order chi connectivity index (χ1) is 13.8. The quantitative estimate of drug-likeness (QED) is 0.815. The van der Waals surface area contributed by atoms with Crippen molar-refractivity contribution in [3.05, 3.63) is 23.9 Å². The second-order valence-electron chi connectivity index (χ2n) is 8.49. The summed E-state index contributed by atoms with van der Waals surface area (Å²) in [6.07, 6.45) is 1.69. The SMILES string of the molecule is CCN(CC)c1ccc(CNC2=NCC3CN(C(=O)OC(C)(C)C)CCN23)cn1. The number of hydrogen-bond donors (Lipinski definition) is 1. The predicted molar refractivity (Wildman–Crippen MR) is 115 cm³/mol. The molecule has 160 valence electrons. The largest absolute Gasteiger partial charge is 0.444 e. The number of pyridine rings is 1. The van der Waals surface area contributed by atoms with E-state index in [0.29, 0.717) is 26.2 Å². The van der Waals surface area contributed by atoms with Gasteiger partial charge >= 0.3 is 6.09 Å². The summed E-state index contributed by atoms with van der Waals surface area (Å²) in [6, 6.07) is 4.39. The van der Waals surface area contributed by atoms with Crippen molar-refractivity contribution in [1.29, 1.82) is 0 Å². The zero-order valence-corrected chi connectivity index (χ0v) is 18.3. The predicted octanol–water partition coefficient (Wildman–Crippen LogP) is 2.31. The zero-order chi connectivity index (χ0) is 21.0. The molecule has 2 aliphatic heterocycles. The summed E-state index contributed by atoms with van der Waals surface area (Å²) >= 11 is 0. The fraction of sp³-hybridized carbons (Fsp3) is 0.667. The molecule has 3 rings (SSSR count). The van der Waals surface area contributed by atoms with Gasteiger partial charge in [0.2, 0.25) is 0 Å². The summed E-state index contributed by atoms with van der Waals surface area (Å²) in [6.45, 7) is 15.3. The van der Waals surface area contributed by atoms with Gasteiger partial charge in [0.25, 0.3) is 0 Å². The molecule has 1 aromatic rings. The lowest BCUT2D eigenvalue weighted by Crippen LogP contribution is -2.57. The van der Waals surface area contributed by atoms with E-state index in [1.165, 1.54) is 0 Å². The molecule has 29 heavy (non-hydrogen) atoms. The molecule has 1 fully saturated rings. The van der Waals surface area contributed by atoms with E-state index in [9.17, 15) is 4.79 Å². The lowest BCUT2D eigenvalue weighted by molar-refractivity contribution is 0.0137. The van der Waals surface area contributed by atoms with E-state index >= 15 is 0 Å². The van der Waals surface area contributed by atoms with Crippen LogP contribution in [-0.4, -0.2) is 77.7 Å². The smallest absolute Gasteiger partial charge is 0.410 e. The number of hydrogen-bond acceptors (Lipinski definition) is 7. The minimum atomic E-state index is -0.470. The van der Waals surface area contributed by atoms with Crippen LogP contribution in [-0.2, 0) is 11.3 Å². The molecule has 1 unspecified atom stereocenters. The van der Waals surface area contributed by atoms with E-state index in [0.717, 1.165) is 37.0 Å². The summed E-state index contributed by atoms with van der Waals surface area (Å²) in [5, 5.41) is 3.44. The molecule has 3 heterocycles. The van der Waals surface area contributed by atoms with Gasteiger partial charge in [-0.15, -0.1) is 0 Å². The van der Waals surface area contributed by atoms with E-state index < -0.39 is 5.60 Å². The Bertz CT molecular complexity index is 724. The topological polar surface area (TPSA) is 73.3 Å². The summed E-state index contributed by atoms with van der Waals surface area (Å²) in [5.74, 6) is 1.92. The molecule has 1 aromatic heterocycles. The Labute approximate surface area is 173 Å². The molecule has 0 spiro atoms. The number of nitrogens with zero attached hydrogens (tertiary/aromatic N) is 5. The van der Waals surface area contributed by atoms with Crippen LogP contribution in [0, 0.1) is 0 Å². The fourth-order valence-corrected chi connectivity index (χ4v) is 3.66. The summed E-state index contributed by atoms with van der Waals surface area (Å²) in [4.78, 5) is 27.9. The third-order valence-corrected chi connectivity index (χ3v) is 5.21. The average molecular weight is 403 g/mol. The third-order valence-electron chi connectivity index (χ3n) is 5.21. The molecule has 0 saturated carbocycles. The van der Waals surface area contributed by atoms with E-state index in [1.54, 1.807) is 4.90 Å². The monoisotopic (exact) mass is 402 g/mol. The number of amides is 1.